The molecule has 3 atom stereocenters. The van der Waals surface area contributed by atoms with Crippen LogP contribution in [0.5, 0.6) is 0 Å². The number of anilines is 2. The van der Waals surface area contributed by atoms with E-state index in [0.717, 1.165) is 10.8 Å². The first-order chi connectivity index (χ1) is 17.0. The summed E-state index contributed by atoms with van der Waals surface area (Å²) >= 11 is 0. The van der Waals surface area contributed by atoms with E-state index >= 15 is 0 Å². The third kappa shape index (κ3) is 3.34. The van der Waals surface area contributed by atoms with Gasteiger partial charge in [-0.3, -0.25) is 24.5 Å². The zero-order valence-corrected chi connectivity index (χ0v) is 18.4. The first-order valence-electron chi connectivity index (χ1n) is 11.1. The number of carbonyl (C=O) groups is 2. The van der Waals surface area contributed by atoms with Gasteiger partial charge in [-0.25, -0.2) is 9.96 Å². The van der Waals surface area contributed by atoms with E-state index in [1.54, 1.807) is 23.3 Å². The van der Waals surface area contributed by atoms with Gasteiger partial charge in [0.2, 0.25) is 5.91 Å². The lowest BCUT2D eigenvalue weighted by atomic mass is 9.90. The molecule has 2 fully saturated rings. The van der Waals surface area contributed by atoms with Gasteiger partial charge in [0.15, 0.2) is 6.10 Å². The summed E-state index contributed by atoms with van der Waals surface area (Å²) in [5.74, 6) is -1.60. The second-order valence-corrected chi connectivity index (χ2v) is 8.55. The van der Waals surface area contributed by atoms with E-state index in [1.807, 2.05) is 66.7 Å². The highest BCUT2D eigenvalue weighted by Gasteiger charge is 2.60. The largest absolute Gasteiger partial charge is 0.273 e. The first-order valence-corrected chi connectivity index (χ1v) is 11.1. The fourth-order valence-electron chi connectivity index (χ4n) is 4.92. The molecular weight excluding hydrogens is 446 g/mol. The first kappa shape index (κ1) is 21.0. The van der Waals surface area contributed by atoms with Crippen LogP contribution in [-0.2, 0) is 14.4 Å². The summed E-state index contributed by atoms with van der Waals surface area (Å²) in [6.07, 6.45) is -1.01. The lowest BCUT2D eigenvalue weighted by Crippen LogP contribution is -2.37. The quantitative estimate of drug-likeness (QED) is 0.244. The number of rotatable bonds is 4. The maximum absolute atomic E-state index is 13.8. The van der Waals surface area contributed by atoms with Crippen molar-refractivity contribution < 1.29 is 19.3 Å². The summed E-state index contributed by atoms with van der Waals surface area (Å²) in [7, 11) is 0. The van der Waals surface area contributed by atoms with E-state index in [2.05, 4.69) is 0 Å². The van der Waals surface area contributed by atoms with Crippen LogP contribution < -0.4 is 9.96 Å². The lowest BCUT2D eigenvalue weighted by molar-refractivity contribution is -0.384. The standard InChI is InChI=1S/C27H19N3O5/c31-26-23-24(18-11-13-21(14-12-18)30(33)34)29(20-8-2-1-3-9-20)35-25(23)27(32)28(26)22-15-10-17-6-4-5-7-19(17)16-22/h1-16,23-25H/t23-,24-,25-/m1/s1. The highest BCUT2D eigenvalue weighted by Crippen LogP contribution is 2.47. The Bertz CT molecular complexity index is 1470. The molecule has 8 nitrogen and oxygen atoms in total. The van der Waals surface area contributed by atoms with E-state index in [9.17, 15) is 19.7 Å². The molecule has 2 aliphatic heterocycles. The molecule has 4 aromatic carbocycles. The average Bonchev–Trinajstić information content (AvgIpc) is 3.40. The molecule has 0 radical (unpaired) electrons. The van der Waals surface area contributed by atoms with E-state index in [1.165, 1.54) is 17.0 Å². The highest BCUT2D eigenvalue weighted by molar-refractivity contribution is 6.24. The molecule has 4 aromatic rings. The summed E-state index contributed by atoms with van der Waals surface area (Å²) < 4.78 is 0. The number of amides is 2. The van der Waals surface area contributed by atoms with E-state index in [4.69, 9.17) is 4.84 Å². The predicted octanol–water partition coefficient (Wildman–Crippen LogP) is 4.80. The topological polar surface area (TPSA) is 93.0 Å². The number of nitro groups is 1. The normalized spacial score (nSPS) is 21.5. The Morgan fingerprint density at radius 1 is 0.743 bits per heavy atom. The van der Waals surface area contributed by atoms with Gasteiger partial charge >= 0.3 is 0 Å². The number of hydrogen-bond acceptors (Lipinski definition) is 6. The Kier molecular flexibility index (Phi) is 4.82. The summed E-state index contributed by atoms with van der Waals surface area (Å²) in [4.78, 5) is 45.3. The second-order valence-electron chi connectivity index (χ2n) is 8.55. The molecule has 2 amide bonds. The van der Waals surface area contributed by atoms with Crippen molar-refractivity contribution in [3.63, 3.8) is 0 Å². The summed E-state index contributed by atoms with van der Waals surface area (Å²) in [5.41, 5.74) is 1.77. The van der Waals surface area contributed by atoms with Gasteiger partial charge in [0.1, 0.15) is 5.92 Å². The van der Waals surface area contributed by atoms with Gasteiger partial charge in [0.25, 0.3) is 11.6 Å². The number of carbonyl (C=O) groups excluding carboxylic acids is 2. The molecule has 0 aliphatic carbocycles. The fraction of sp³-hybridized carbons (Fsp3) is 0.111. The van der Waals surface area contributed by atoms with Crippen molar-refractivity contribution in [2.45, 2.75) is 12.1 Å². The van der Waals surface area contributed by atoms with E-state index < -0.39 is 28.9 Å². The molecule has 6 rings (SSSR count). The summed E-state index contributed by atoms with van der Waals surface area (Å²) in [6, 6.07) is 27.8. The Hall–Kier alpha value is -4.56. The van der Waals surface area contributed by atoms with Crippen LogP contribution >= 0.6 is 0 Å². The third-order valence-electron chi connectivity index (χ3n) is 6.56. The Balaban J connectivity index is 1.42. The molecule has 2 aliphatic rings. The molecule has 0 spiro atoms. The third-order valence-corrected chi connectivity index (χ3v) is 6.56. The minimum Gasteiger partial charge on any atom is -0.273 e. The van der Waals surface area contributed by atoms with Crippen molar-refractivity contribution in [1.29, 1.82) is 0 Å². The molecule has 0 bridgehead atoms. The molecule has 2 saturated heterocycles. The van der Waals surface area contributed by atoms with Crippen LogP contribution in [0.1, 0.15) is 11.6 Å². The van der Waals surface area contributed by atoms with Crippen LogP contribution in [0.15, 0.2) is 97.1 Å². The second kappa shape index (κ2) is 8.03. The van der Waals surface area contributed by atoms with Gasteiger partial charge in [-0.1, -0.05) is 60.7 Å². The number of imide groups is 1. The van der Waals surface area contributed by atoms with Gasteiger partial charge in [0.05, 0.1) is 22.3 Å². The summed E-state index contributed by atoms with van der Waals surface area (Å²) in [6.45, 7) is 0. The number of para-hydroxylation sites is 1. The molecule has 8 heteroatoms. The van der Waals surface area contributed by atoms with Crippen molar-refractivity contribution in [3.8, 4) is 0 Å². The lowest BCUT2D eigenvalue weighted by Gasteiger charge is -2.28. The number of hydrogen-bond donors (Lipinski definition) is 0. The number of hydroxylamine groups is 1. The van der Waals surface area contributed by atoms with Crippen LogP contribution in [0.25, 0.3) is 10.8 Å². The maximum Gasteiger partial charge on any atom is 0.269 e. The zero-order valence-electron chi connectivity index (χ0n) is 18.4. The number of fused-ring (bicyclic) bond motifs is 2. The molecule has 0 unspecified atom stereocenters. The number of non-ortho nitro benzene ring substituents is 1. The van der Waals surface area contributed by atoms with Crippen LogP contribution in [0.4, 0.5) is 17.1 Å². The molecule has 0 saturated carbocycles. The van der Waals surface area contributed by atoms with Gasteiger partial charge < -0.3 is 0 Å². The molecule has 35 heavy (non-hydrogen) atoms. The minimum absolute atomic E-state index is 0.0536. The smallest absolute Gasteiger partial charge is 0.269 e. The maximum atomic E-state index is 13.8. The van der Waals surface area contributed by atoms with Crippen LogP contribution in [0, 0.1) is 16.0 Å². The van der Waals surface area contributed by atoms with Crippen LogP contribution in [0.3, 0.4) is 0 Å². The average molecular weight is 465 g/mol. The summed E-state index contributed by atoms with van der Waals surface area (Å²) in [5, 5.41) is 14.7. The number of nitrogens with zero attached hydrogens (tertiary/aromatic N) is 3. The molecule has 172 valence electrons. The molecule has 0 N–H and O–H groups in total. The number of benzene rings is 4. The van der Waals surface area contributed by atoms with Gasteiger partial charge in [-0.15, -0.1) is 0 Å². The number of nitro benzene ring substituents is 1. The molecular formula is C27H19N3O5. The van der Waals surface area contributed by atoms with Crippen molar-refractivity contribution in [3.05, 3.63) is 113 Å². The fourth-order valence-corrected chi connectivity index (χ4v) is 4.92. The Labute approximate surface area is 200 Å². The molecule has 2 heterocycles. The van der Waals surface area contributed by atoms with Gasteiger partial charge in [0, 0.05) is 12.1 Å². The van der Waals surface area contributed by atoms with Crippen molar-refractivity contribution in [1.82, 2.24) is 0 Å². The molecule has 0 aromatic heterocycles. The van der Waals surface area contributed by atoms with Crippen LogP contribution in [-0.4, -0.2) is 22.8 Å². The predicted molar refractivity (Wildman–Crippen MR) is 130 cm³/mol. The van der Waals surface area contributed by atoms with E-state index in [-0.39, 0.29) is 11.6 Å². The SMILES string of the molecule is O=C1[C@@H]2[C@@H](c3ccc([N+](=O)[O-])cc3)N(c3ccccc3)O[C@H]2C(=O)N1c1ccc2ccccc2c1. The Morgan fingerprint density at radius 3 is 2.14 bits per heavy atom. The van der Waals surface area contributed by atoms with Crippen molar-refractivity contribution in [2.75, 3.05) is 9.96 Å². The Morgan fingerprint density at radius 2 is 1.43 bits per heavy atom. The van der Waals surface area contributed by atoms with E-state index in [0.29, 0.717) is 16.9 Å². The monoisotopic (exact) mass is 465 g/mol. The van der Waals surface area contributed by atoms with Crippen LogP contribution in [0.2, 0.25) is 0 Å². The highest BCUT2D eigenvalue weighted by atomic mass is 16.7. The minimum atomic E-state index is -1.01. The van der Waals surface area contributed by atoms with Gasteiger partial charge in [-0.2, -0.15) is 0 Å². The zero-order chi connectivity index (χ0) is 24.1. The van der Waals surface area contributed by atoms with Crippen molar-refractivity contribution >= 4 is 39.6 Å². The van der Waals surface area contributed by atoms with Crippen molar-refractivity contribution in [2.24, 2.45) is 5.92 Å². The van der Waals surface area contributed by atoms with Gasteiger partial charge in [-0.05, 0) is 40.6 Å².